The number of ether oxygens (including phenoxy) is 1. The van der Waals surface area contributed by atoms with Crippen LogP contribution in [0, 0.1) is 5.92 Å². The molecule has 0 spiro atoms. The maximum Gasteiger partial charge on any atom is 0.110 e. The SMILES string of the molecule is CC(C)CCCSSC(C)OCCCCNC(C)C. The maximum absolute atomic E-state index is 5.79. The molecule has 0 aromatic heterocycles. The molecule has 0 saturated heterocycles. The first-order chi connectivity index (χ1) is 9.02. The summed E-state index contributed by atoms with van der Waals surface area (Å²) in [7, 11) is 3.83. The summed E-state index contributed by atoms with van der Waals surface area (Å²) < 4.78 is 5.79. The molecule has 0 aliphatic carbocycles. The van der Waals surface area contributed by atoms with Crippen LogP contribution in [0.2, 0.25) is 0 Å². The molecule has 4 heteroatoms. The quantitative estimate of drug-likeness (QED) is 0.295. The molecule has 0 aromatic carbocycles. The minimum absolute atomic E-state index is 0.321. The summed E-state index contributed by atoms with van der Waals surface area (Å²) in [6.45, 7) is 13.1. The van der Waals surface area contributed by atoms with Gasteiger partial charge in [-0.25, -0.2) is 0 Å². The van der Waals surface area contributed by atoms with E-state index in [2.05, 4.69) is 39.9 Å². The van der Waals surface area contributed by atoms with Gasteiger partial charge in [0.05, 0.1) is 0 Å². The molecular formula is C15H33NOS2. The fraction of sp³-hybridized carbons (Fsp3) is 1.00. The van der Waals surface area contributed by atoms with E-state index in [0.29, 0.717) is 11.5 Å². The second kappa shape index (κ2) is 13.6. The van der Waals surface area contributed by atoms with E-state index < -0.39 is 0 Å². The van der Waals surface area contributed by atoms with Crippen molar-refractivity contribution in [2.75, 3.05) is 18.9 Å². The van der Waals surface area contributed by atoms with Crippen molar-refractivity contribution in [2.45, 2.75) is 71.8 Å². The predicted molar refractivity (Wildman–Crippen MR) is 91.9 cm³/mol. The molecule has 1 atom stereocenters. The van der Waals surface area contributed by atoms with Gasteiger partial charge in [0.1, 0.15) is 5.44 Å². The molecule has 0 aliphatic heterocycles. The number of hydrogen-bond acceptors (Lipinski definition) is 4. The molecule has 1 N–H and O–H groups in total. The van der Waals surface area contributed by atoms with E-state index in [0.717, 1.165) is 25.5 Å². The molecule has 0 rings (SSSR count). The van der Waals surface area contributed by atoms with E-state index in [4.69, 9.17) is 4.74 Å². The third-order valence-corrected chi connectivity index (χ3v) is 5.41. The Labute approximate surface area is 128 Å². The third-order valence-electron chi connectivity index (χ3n) is 2.69. The standard InChI is InChI=1S/C15H33NOS2/c1-13(2)9-8-12-18-19-15(5)17-11-7-6-10-16-14(3)4/h13-16H,6-12H2,1-5H3. The van der Waals surface area contributed by atoms with Crippen LogP contribution in [0.4, 0.5) is 0 Å². The molecule has 0 aliphatic rings. The first-order valence-electron chi connectivity index (χ1n) is 7.65. The Balaban J connectivity index is 3.19. The van der Waals surface area contributed by atoms with Crippen LogP contribution < -0.4 is 5.32 Å². The number of rotatable bonds is 13. The molecule has 2 nitrogen and oxygen atoms in total. The second-order valence-corrected chi connectivity index (χ2v) is 8.49. The lowest BCUT2D eigenvalue weighted by molar-refractivity contribution is 0.121. The fourth-order valence-electron chi connectivity index (χ4n) is 1.59. The first-order valence-corrected chi connectivity index (χ1v) is 10.0. The van der Waals surface area contributed by atoms with Crippen molar-refractivity contribution >= 4 is 21.6 Å². The fourth-order valence-corrected chi connectivity index (χ4v) is 3.70. The molecule has 0 radical (unpaired) electrons. The Morgan fingerprint density at radius 1 is 1.00 bits per heavy atom. The molecule has 19 heavy (non-hydrogen) atoms. The van der Waals surface area contributed by atoms with E-state index in [1.54, 1.807) is 0 Å². The summed E-state index contributed by atoms with van der Waals surface area (Å²) >= 11 is 0. The summed E-state index contributed by atoms with van der Waals surface area (Å²) in [6.07, 6.45) is 5.02. The minimum Gasteiger partial charge on any atom is -0.367 e. The molecule has 0 heterocycles. The molecular weight excluding hydrogens is 274 g/mol. The van der Waals surface area contributed by atoms with Crippen molar-refractivity contribution < 1.29 is 4.74 Å². The van der Waals surface area contributed by atoms with Crippen LogP contribution >= 0.6 is 21.6 Å². The number of hydrogen-bond donors (Lipinski definition) is 1. The van der Waals surface area contributed by atoms with E-state index in [9.17, 15) is 0 Å². The van der Waals surface area contributed by atoms with E-state index in [1.165, 1.54) is 25.0 Å². The summed E-state index contributed by atoms with van der Waals surface area (Å²) in [5.74, 6) is 2.08. The number of nitrogens with one attached hydrogen (secondary N) is 1. The summed E-state index contributed by atoms with van der Waals surface area (Å²) in [5.41, 5.74) is 0.321. The average Bonchev–Trinajstić information content (AvgIpc) is 2.32. The summed E-state index contributed by atoms with van der Waals surface area (Å²) in [5, 5.41) is 3.43. The van der Waals surface area contributed by atoms with Gasteiger partial charge in [0.25, 0.3) is 0 Å². The monoisotopic (exact) mass is 307 g/mol. The molecule has 0 fully saturated rings. The van der Waals surface area contributed by atoms with Crippen molar-refractivity contribution in [3.63, 3.8) is 0 Å². The van der Waals surface area contributed by atoms with Crippen molar-refractivity contribution in [3.8, 4) is 0 Å². The Hall–Kier alpha value is 0.620. The second-order valence-electron chi connectivity index (χ2n) is 5.71. The van der Waals surface area contributed by atoms with Crippen molar-refractivity contribution in [3.05, 3.63) is 0 Å². The highest BCUT2D eigenvalue weighted by molar-refractivity contribution is 8.76. The Morgan fingerprint density at radius 3 is 2.37 bits per heavy atom. The molecule has 1 unspecified atom stereocenters. The third kappa shape index (κ3) is 16.6. The lowest BCUT2D eigenvalue weighted by Gasteiger charge is -2.12. The largest absolute Gasteiger partial charge is 0.367 e. The van der Waals surface area contributed by atoms with Gasteiger partial charge < -0.3 is 10.1 Å². The van der Waals surface area contributed by atoms with Crippen molar-refractivity contribution in [1.82, 2.24) is 5.32 Å². The average molecular weight is 308 g/mol. The van der Waals surface area contributed by atoms with Gasteiger partial charge in [0.15, 0.2) is 0 Å². The van der Waals surface area contributed by atoms with Crippen LogP contribution in [0.5, 0.6) is 0 Å². The van der Waals surface area contributed by atoms with Gasteiger partial charge in [-0.1, -0.05) is 55.7 Å². The summed E-state index contributed by atoms with van der Waals surface area (Å²) in [6, 6.07) is 0.595. The highest BCUT2D eigenvalue weighted by atomic mass is 33.1. The van der Waals surface area contributed by atoms with Gasteiger partial charge in [0.2, 0.25) is 0 Å². The van der Waals surface area contributed by atoms with Gasteiger partial charge in [-0.15, -0.1) is 0 Å². The normalized spacial score (nSPS) is 13.4. The maximum atomic E-state index is 5.79. The van der Waals surface area contributed by atoms with E-state index in [1.807, 2.05) is 21.6 Å². The molecule has 116 valence electrons. The molecule has 0 aromatic rings. The van der Waals surface area contributed by atoms with Gasteiger partial charge in [-0.05, 0) is 38.6 Å². The Kier molecular flexibility index (Phi) is 14.0. The minimum atomic E-state index is 0.321. The van der Waals surface area contributed by atoms with E-state index >= 15 is 0 Å². The van der Waals surface area contributed by atoms with Crippen LogP contribution in [0.25, 0.3) is 0 Å². The van der Waals surface area contributed by atoms with Gasteiger partial charge in [-0.2, -0.15) is 0 Å². The zero-order valence-electron chi connectivity index (χ0n) is 13.4. The summed E-state index contributed by atoms with van der Waals surface area (Å²) in [4.78, 5) is 0. The highest BCUT2D eigenvalue weighted by Gasteiger charge is 2.03. The topological polar surface area (TPSA) is 21.3 Å². The lowest BCUT2D eigenvalue weighted by atomic mass is 10.1. The molecule has 0 amide bonds. The molecule has 0 bridgehead atoms. The van der Waals surface area contributed by atoms with Crippen molar-refractivity contribution in [1.29, 1.82) is 0 Å². The Bertz CT molecular complexity index is 189. The van der Waals surface area contributed by atoms with Crippen LogP contribution in [0.1, 0.15) is 60.3 Å². The van der Waals surface area contributed by atoms with Crippen LogP contribution in [0.3, 0.4) is 0 Å². The van der Waals surface area contributed by atoms with Crippen molar-refractivity contribution in [2.24, 2.45) is 5.92 Å². The van der Waals surface area contributed by atoms with Gasteiger partial charge >= 0.3 is 0 Å². The highest BCUT2D eigenvalue weighted by Crippen LogP contribution is 2.28. The predicted octanol–water partition coefficient (Wildman–Crippen LogP) is 4.94. The smallest absolute Gasteiger partial charge is 0.110 e. The number of unbranched alkanes of at least 4 members (excludes halogenated alkanes) is 1. The Morgan fingerprint density at radius 2 is 1.74 bits per heavy atom. The molecule has 0 saturated carbocycles. The van der Waals surface area contributed by atoms with Crippen LogP contribution in [-0.4, -0.2) is 30.4 Å². The lowest BCUT2D eigenvalue weighted by Crippen LogP contribution is -2.23. The first kappa shape index (κ1) is 19.6. The van der Waals surface area contributed by atoms with Crippen LogP contribution in [-0.2, 0) is 4.74 Å². The van der Waals surface area contributed by atoms with Gasteiger partial charge in [-0.3, -0.25) is 0 Å². The zero-order chi connectivity index (χ0) is 14.5. The van der Waals surface area contributed by atoms with Crippen LogP contribution in [0.15, 0.2) is 0 Å². The van der Waals surface area contributed by atoms with Gasteiger partial charge in [0, 0.05) is 18.4 Å². The zero-order valence-corrected chi connectivity index (χ0v) is 15.0. The van der Waals surface area contributed by atoms with E-state index in [-0.39, 0.29) is 0 Å².